The van der Waals surface area contributed by atoms with Gasteiger partial charge < -0.3 is 0 Å². The maximum Gasteiger partial charge on any atom is 0.0944 e. The molecule has 1 atom stereocenters. The van der Waals surface area contributed by atoms with Crippen molar-refractivity contribution in [2.45, 2.75) is 18.9 Å². The summed E-state index contributed by atoms with van der Waals surface area (Å²) in [5, 5.41) is 8.55. The summed E-state index contributed by atoms with van der Waals surface area (Å²) >= 11 is 0. The molecule has 0 bridgehead atoms. The number of hydrogen-bond donors (Lipinski definition) is 0. The van der Waals surface area contributed by atoms with Crippen LogP contribution in [0.15, 0.2) is 11.6 Å². The van der Waals surface area contributed by atoms with Gasteiger partial charge in [0.2, 0.25) is 0 Å². The first-order valence-corrected chi connectivity index (χ1v) is 3.73. The molecule has 0 radical (unpaired) electrons. The fourth-order valence-corrected chi connectivity index (χ4v) is 1.49. The predicted molar refractivity (Wildman–Crippen MR) is 38.3 cm³/mol. The van der Waals surface area contributed by atoms with Crippen LogP contribution in [0.2, 0.25) is 0 Å². The van der Waals surface area contributed by atoms with E-state index in [0.29, 0.717) is 6.04 Å². The Morgan fingerprint density at radius 3 is 2.90 bits per heavy atom. The molecule has 52 valence electrons. The van der Waals surface area contributed by atoms with Gasteiger partial charge in [0.1, 0.15) is 0 Å². The minimum absolute atomic E-state index is 0.676. The van der Waals surface area contributed by atoms with E-state index in [9.17, 15) is 0 Å². The zero-order valence-electron chi connectivity index (χ0n) is 5.88. The molecular formula is C8H10N2. The molecule has 2 heteroatoms. The lowest BCUT2D eigenvalue weighted by Gasteiger charge is -2.07. The molecule has 1 unspecified atom stereocenters. The second-order valence-electron chi connectivity index (χ2n) is 2.97. The number of hydrogen-bond acceptors (Lipinski definition) is 2. The second kappa shape index (κ2) is 2.10. The van der Waals surface area contributed by atoms with E-state index in [1.54, 1.807) is 0 Å². The summed E-state index contributed by atoms with van der Waals surface area (Å²) in [6.45, 7) is 2.49. The summed E-state index contributed by atoms with van der Waals surface area (Å²) in [7, 11) is 0. The molecule has 0 spiro atoms. The standard InChI is InChI=1S/C8H10N2/c9-6-7-1-2-8(5-7)10-3-4-10/h1,8H,2-5H2. The average molecular weight is 134 g/mol. The van der Waals surface area contributed by atoms with Gasteiger partial charge in [-0.15, -0.1) is 0 Å². The van der Waals surface area contributed by atoms with E-state index >= 15 is 0 Å². The molecule has 10 heavy (non-hydrogen) atoms. The van der Waals surface area contributed by atoms with Crippen molar-refractivity contribution < 1.29 is 0 Å². The van der Waals surface area contributed by atoms with Crippen LogP contribution in [0.25, 0.3) is 0 Å². The fourth-order valence-electron chi connectivity index (χ4n) is 1.49. The van der Waals surface area contributed by atoms with Gasteiger partial charge in [-0.3, -0.25) is 4.90 Å². The monoisotopic (exact) mass is 134 g/mol. The third-order valence-electron chi connectivity index (χ3n) is 2.23. The molecule has 0 aromatic carbocycles. The lowest BCUT2D eigenvalue weighted by atomic mass is 10.2. The molecule has 0 aromatic rings. The second-order valence-corrected chi connectivity index (χ2v) is 2.97. The van der Waals surface area contributed by atoms with Crippen molar-refractivity contribution in [1.82, 2.24) is 4.90 Å². The summed E-state index contributed by atoms with van der Waals surface area (Å²) in [5.41, 5.74) is 0.983. The van der Waals surface area contributed by atoms with E-state index in [-0.39, 0.29) is 0 Å². The molecule has 0 N–H and O–H groups in total. The first kappa shape index (κ1) is 5.94. The van der Waals surface area contributed by atoms with E-state index in [4.69, 9.17) is 5.26 Å². The maximum atomic E-state index is 8.55. The normalized spacial score (nSPS) is 31.5. The summed E-state index contributed by atoms with van der Waals surface area (Å²) in [4.78, 5) is 2.42. The van der Waals surface area contributed by atoms with Crippen molar-refractivity contribution in [2.75, 3.05) is 13.1 Å². The lowest BCUT2D eigenvalue weighted by molar-refractivity contribution is 0.416. The van der Waals surface area contributed by atoms with E-state index < -0.39 is 0 Å². The highest BCUT2D eigenvalue weighted by molar-refractivity contribution is 5.27. The molecule has 0 amide bonds. The van der Waals surface area contributed by atoms with Gasteiger partial charge in [0, 0.05) is 24.7 Å². The summed E-state index contributed by atoms with van der Waals surface area (Å²) in [6.07, 6.45) is 4.17. The van der Waals surface area contributed by atoms with Crippen LogP contribution in [0, 0.1) is 11.3 Å². The Morgan fingerprint density at radius 1 is 1.60 bits per heavy atom. The Hall–Kier alpha value is -0.810. The van der Waals surface area contributed by atoms with Gasteiger partial charge in [-0.05, 0) is 12.8 Å². The minimum atomic E-state index is 0.676. The Labute approximate surface area is 60.7 Å². The van der Waals surface area contributed by atoms with Crippen molar-refractivity contribution in [2.24, 2.45) is 0 Å². The van der Waals surface area contributed by atoms with Crippen LogP contribution in [0.4, 0.5) is 0 Å². The first-order valence-electron chi connectivity index (χ1n) is 3.73. The van der Waals surface area contributed by atoms with E-state index in [2.05, 4.69) is 17.0 Å². The van der Waals surface area contributed by atoms with Gasteiger partial charge in [0.25, 0.3) is 0 Å². The molecule has 1 heterocycles. The molecular weight excluding hydrogens is 124 g/mol. The molecule has 2 aliphatic rings. The van der Waals surface area contributed by atoms with Crippen LogP contribution in [-0.2, 0) is 0 Å². The summed E-state index contributed by atoms with van der Waals surface area (Å²) in [5.74, 6) is 0. The molecule has 0 aromatic heterocycles. The Bertz CT molecular complexity index is 208. The van der Waals surface area contributed by atoms with Gasteiger partial charge >= 0.3 is 0 Å². The Morgan fingerprint density at radius 2 is 2.40 bits per heavy atom. The number of rotatable bonds is 1. The zero-order chi connectivity index (χ0) is 6.97. The molecule has 1 aliphatic carbocycles. The molecule has 1 saturated heterocycles. The number of nitriles is 1. The van der Waals surface area contributed by atoms with Crippen LogP contribution >= 0.6 is 0 Å². The SMILES string of the molecule is N#CC1=CCC(N2CC2)C1. The van der Waals surface area contributed by atoms with Crippen molar-refractivity contribution in [1.29, 1.82) is 5.26 Å². The molecule has 1 fully saturated rings. The van der Waals surface area contributed by atoms with Gasteiger partial charge in [-0.2, -0.15) is 5.26 Å². The maximum absolute atomic E-state index is 8.55. The van der Waals surface area contributed by atoms with Crippen molar-refractivity contribution in [3.63, 3.8) is 0 Å². The third kappa shape index (κ3) is 0.932. The zero-order valence-corrected chi connectivity index (χ0v) is 5.88. The van der Waals surface area contributed by atoms with Gasteiger partial charge in [0.05, 0.1) is 6.07 Å². The number of nitrogens with zero attached hydrogens (tertiary/aromatic N) is 2. The van der Waals surface area contributed by atoms with Gasteiger partial charge in [0.15, 0.2) is 0 Å². The molecule has 2 nitrogen and oxygen atoms in total. The minimum Gasteiger partial charge on any atom is -0.297 e. The summed E-state index contributed by atoms with van der Waals surface area (Å²) < 4.78 is 0. The van der Waals surface area contributed by atoms with Crippen molar-refractivity contribution in [3.8, 4) is 6.07 Å². The van der Waals surface area contributed by atoms with Gasteiger partial charge in [-0.1, -0.05) is 6.08 Å². The molecule has 1 aliphatic heterocycles. The molecule has 0 saturated carbocycles. The van der Waals surface area contributed by atoms with Crippen LogP contribution in [0.1, 0.15) is 12.8 Å². The third-order valence-corrected chi connectivity index (χ3v) is 2.23. The van der Waals surface area contributed by atoms with Crippen LogP contribution in [0.5, 0.6) is 0 Å². The topological polar surface area (TPSA) is 26.8 Å². The largest absolute Gasteiger partial charge is 0.297 e. The summed E-state index contributed by atoms with van der Waals surface area (Å²) in [6, 6.07) is 2.89. The predicted octanol–water partition coefficient (Wildman–Crippen LogP) is 0.914. The van der Waals surface area contributed by atoms with E-state index in [1.807, 2.05) is 0 Å². The highest BCUT2D eigenvalue weighted by Crippen LogP contribution is 2.26. The fraction of sp³-hybridized carbons (Fsp3) is 0.625. The van der Waals surface area contributed by atoms with Crippen molar-refractivity contribution in [3.05, 3.63) is 11.6 Å². The van der Waals surface area contributed by atoms with Crippen LogP contribution in [-0.4, -0.2) is 24.0 Å². The first-order chi connectivity index (χ1) is 4.90. The van der Waals surface area contributed by atoms with Crippen LogP contribution in [0.3, 0.4) is 0 Å². The highest BCUT2D eigenvalue weighted by atomic mass is 15.3. The van der Waals surface area contributed by atoms with Crippen molar-refractivity contribution >= 4 is 0 Å². The lowest BCUT2D eigenvalue weighted by Crippen LogP contribution is -2.13. The Kier molecular flexibility index (Phi) is 1.25. The highest BCUT2D eigenvalue weighted by Gasteiger charge is 2.29. The average Bonchev–Trinajstić information content (AvgIpc) is 2.70. The van der Waals surface area contributed by atoms with E-state index in [0.717, 1.165) is 18.4 Å². The van der Waals surface area contributed by atoms with Crippen LogP contribution < -0.4 is 0 Å². The quantitative estimate of drug-likeness (QED) is 0.498. The Balaban J connectivity index is 1.94. The smallest absolute Gasteiger partial charge is 0.0944 e. The van der Waals surface area contributed by atoms with E-state index in [1.165, 1.54) is 13.1 Å². The van der Waals surface area contributed by atoms with Gasteiger partial charge in [-0.25, -0.2) is 0 Å². The molecule has 2 rings (SSSR count).